The lowest BCUT2D eigenvalue weighted by molar-refractivity contribution is 0.415. The summed E-state index contributed by atoms with van der Waals surface area (Å²) in [6.07, 6.45) is 5.00. The molecule has 0 saturated carbocycles. The topological polar surface area (TPSA) is 56.1 Å². The van der Waals surface area contributed by atoms with Gasteiger partial charge in [-0.1, -0.05) is 6.42 Å². The zero-order chi connectivity index (χ0) is 13.9. The first-order valence-corrected chi connectivity index (χ1v) is 7.05. The number of methoxy groups -OCH3 is 1. The molecule has 0 spiro atoms. The number of aromatic nitrogens is 2. The Balaban J connectivity index is 2.07. The van der Waals surface area contributed by atoms with Gasteiger partial charge in [-0.3, -0.25) is 9.36 Å². The largest absolute Gasteiger partial charge is 0.497 e. The number of nitrogens with zero attached hydrogens (tertiary/aromatic N) is 2. The second-order valence-corrected chi connectivity index (χ2v) is 5.19. The van der Waals surface area contributed by atoms with Crippen LogP contribution in [0.5, 0.6) is 5.75 Å². The molecule has 1 fully saturated rings. The Morgan fingerprint density at radius 3 is 3.15 bits per heavy atom. The number of benzene rings is 1. The van der Waals surface area contributed by atoms with Gasteiger partial charge in [0, 0.05) is 6.54 Å². The number of nitrogens with one attached hydrogen (secondary N) is 1. The minimum absolute atomic E-state index is 0.0163. The molecule has 0 amide bonds. The molecule has 0 bridgehead atoms. The molecule has 5 nitrogen and oxygen atoms in total. The summed E-state index contributed by atoms with van der Waals surface area (Å²) < 4.78 is 6.96. The molecule has 1 saturated heterocycles. The van der Waals surface area contributed by atoms with Gasteiger partial charge in [-0.2, -0.15) is 0 Å². The molecule has 0 radical (unpaired) electrons. The smallest absolute Gasteiger partial charge is 0.261 e. The van der Waals surface area contributed by atoms with Gasteiger partial charge < -0.3 is 10.1 Å². The number of ether oxygens (including phenoxy) is 1. The van der Waals surface area contributed by atoms with Gasteiger partial charge in [-0.25, -0.2) is 4.98 Å². The Hall–Kier alpha value is -1.88. The summed E-state index contributed by atoms with van der Waals surface area (Å²) in [7, 11) is 1.60. The molecule has 1 aliphatic rings. The maximum atomic E-state index is 12.6. The van der Waals surface area contributed by atoms with E-state index in [1.165, 1.54) is 6.42 Å². The maximum Gasteiger partial charge on any atom is 0.261 e. The van der Waals surface area contributed by atoms with Crippen LogP contribution >= 0.6 is 0 Å². The van der Waals surface area contributed by atoms with Crippen LogP contribution in [0.1, 0.15) is 25.3 Å². The summed E-state index contributed by atoms with van der Waals surface area (Å²) >= 11 is 0. The van der Waals surface area contributed by atoms with Crippen molar-refractivity contribution in [1.29, 1.82) is 0 Å². The zero-order valence-corrected chi connectivity index (χ0v) is 11.6. The van der Waals surface area contributed by atoms with Gasteiger partial charge in [-0.15, -0.1) is 0 Å². The summed E-state index contributed by atoms with van der Waals surface area (Å²) in [6.45, 7) is 1.86. The van der Waals surface area contributed by atoms with Crippen LogP contribution in [0.4, 0.5) is 0 Å². The van der Waals surface area contributed by atoms with E-state index in [9.17, 15) is 4.79 Å². The predicted octanol–water partition coefficient (Wildman–Crippen LogP) is 1.72. The normalized spacial score (nSPS) is 19.8. The molecular weight excluding hydrogens is 254 g/mol. The number of rotatable bonds is 2. The van der Waals surface area contributed by atoms with Crippen LogP contribution < -0.4 is 15.6 Å². The van der Waals surface area contributed by atoms with Crippen molar-refractivity contribution in [2.45, 2.75) is 25.3 Å². The van der Waals surface area contributed by atoms with E-state index in [0.29, 0.717) is 16.7 Å². The predicted molar refractivity (Wildman–Crippen MR) is 78.3 cm³/mol. The minimum atomic E-state index is 0.0163. The van der Waals surface area contributed by atoms with Crippen LogP contribution in [0, 0.1) is 0 Å². The van der Waals surface area contributed by atoms with Crippen LogP contribution in [0.2, 0.25) is 0 Å². The van der Waals surface area contributed by atoms with E-state index in [4.69, 9.17) is 4.74 Å². The first-order valence-electron chi connectivity index (χ1n) is 7.05. The van der Waals surface area contributed by atoms with Crippen LogP contribution in [0.15, 0.2) is 29.3 Å². The Labute approximate surface area is 117 Å². The monoisotopic (exact) mass is 273 g/mol. The Kier molecular flexibility index (Phi) is 3.69. The summed E-state index contributed by atoms with van der Waals surface area (Å²) in [5.41, 5.74) is 0.733. The van der Waals surface area contributed by atoms with Gasteiger partial charge in [0.15, 0.2) is 0 Å². The molecule has 1 aliphatic heterocycles. The number of fused-ring (bicyclic) bond motifs is 1. The van der Waals surface area contributed by atoms with Crippen molar-refractivity contribution in [3.8, 4) is 5.75 Å². The van der Waals surface area contributed by atoms with Crippen molar-refractivity contribution in [2.75, 3.05) is 20.2 Å². The second-order valence-electron chi connectivity index (χ2n) is 5.19. The van der Waals surface area contributed by atoms with E-state index < -0.39 is 0 Å². The highest BCUT2D eigenvalue weighted by molar-refractivity contribution is 5.78. The quantitative estimate of drug-likeness (QED) is 0.905. The molecule has 2 aromatic rings. The molecule has 1 atom stereocenters. The third-order valence-corrected chi connectivity index (χ3v) is 3.90. The van der Waals surface area contributed by atoms with Crippen molar-refractivity contribution < 1.29 is 4.74 Å². The fraction of sp³-hybridized carbons (Fsp3) is 0.467. The van der Waals surface area contributed by atoms with Gasteiger partial charge in [0.1, 0.15) is 5.75 Å². The fourth-order valence-corrected chi connectivity index (χ4v) is 2.74. The van der Waals surface area contributed by atoms with Crippen molar-refractivity contribution in [1.82, 2.24) is 14.9 Å². The third-order valence-electron chi connectivity index (χ3n) is 3.90. The first-order chi connectivity index (χ1) is 9.79. The molecule has 20 heavy (non-hydrogen) atoms. The highest BCUT2D eigenvalue weighted by Crippen LogP contribution is 2.19. The molecule has 3 rings (SSSR count). The van der Waals surface area contributed by atoms with Crippen LogP contribution in [0.3, 0.4) is 0 Å². The lowest BCUT2D eigenvalue weighted by atomic mass is 10.1. The fourth-order valence-electron chi connectivity index (χ4n) is 2.74. The third kappa shape index (κ3) is 2.41. The summed E-state index contributed by atoms with van der Waals surface area (Å²) in [5.74, 6) is 0.688. The number of hydrogen-bond donors (Lipinski definition) is 1. The van der Waals surface area contributed by atoms with Gasteiger partial charge in [-0.05, 0) is 37.6 Å². The highest BCUT2D eigenvalue weighted by Gasteiger charge is 2.16. The molecule has 1 aromatic heterocycles. The molecule has 1 aromatic carbocycles. The van der Waals surface area contributed by atoms with E-state index in [-0.39, 0.29) is 11.6 Å². The second kappa shape index (κ2) is 5.63. The van der Waals surface area contributed by atoms with Gasteiger partial charge >= 0.3 is 0 Å². The SMILES string of the molecule is COc1ccc2ncn(C3CCCCNC3)c(=O)c2c1. The van der Waals surface area contributed by atoms with Crippen LogP contribution in [-0.4, -0.2) is 29.8 Å². The Bertz CT molecular complexity index is 658. The van der Waals surface area contributed by atoms with Gasteiger partial charge in [0.25, 0.3) is 5.56 Å². The summed E-state index contributed by atoms with van der Waals surface area (Å²) in [5, 5.41) is 4.00. The van der Waals surface area contributed by atoms with Gasteiger partial charge in [0.2, 0.25) is 0 Å². The molecule has 2 heterocycles. The maximum absolute atomic E-state index is 12.6. The molecular formula is C15H19N3O2. The highest BCUT2D eigenvalue weighted by atomic mass is 16.5. The van der Waals surface area contributed by atoms with Crippen LogP contribution in [0.25, 0.3) is 10.9 Å². The lowest BCUT2D eigenvalue weighted by Gasteiger charge is -2.17. The molecule has 106 valence electrons. The van der Waals surface area contributed by atoms with E-state index in [1.807, 2.05) is 12.1 Å². The van der Waals surface area contributed by atoms with Crippen LogP contribution in [-0.2, 0) is 0 Å². The standard InChI is InChI=1S/C15H19N3O2/c1-20-12-5-6-14-13(8-12)15(19)18(10-17-14)11-4-2-3-7-16-9-11/h5-6,8,10-11,16H,2-4,7,9H2,1H3. The van der Waals surface area contributed by atoms with E-state index >= 15 is 0 Å². The average Bonchev–Trinajstić information content (AvgIpc) is 2.76. The summed E-state index contributed by atoms with van der Waals surface area (Å²) in [4.78, 5) is 17.1. The molecule has 1 unspecified atom stereocenters. The molecule has 5 heteroatoms. The minimum Gasteiger partial charge on any atom is -0.497 e. The van der Waals surface area contributed by atoms with Crippen molar-refractivity contribution in [2.24, 2.45) is 0 Å². The average molecular weight is 273 g/mol. The Morgan fingerprint density at radius 1 is 1.40 bits per heavy atom. The van der Waals surface area contributed by atoms with Crippen molar-refractivity contribution >= 4 is 10.9 Å². The van der Waals surface area contributed by atoms with Crippen molar-refractivity contribution in [3.05, 3.63) is 34.9 Å². The molecule has 0 aliphatic carbocycles. The van der Waals surface area contributed by atoms with E-state index in [1.54, 1.807) is 24.1 Å². The Morgan fingerprint density at radius 2 is 2.30 bits per heavy atom. The van der Waals surface area contributed by atoms with E-state index in [0.717, 1.165) is 25.9 Å². The summed E-state index contributed by atoms with van der Waals surface area (Å²) in [6, 6.07) is 5.61. The lowest BCUT2D eigenvalue weighted by Crippen LogP contribution is -2.31. The zero-order valence-electron chi connectivity index (χ0n) is 11.6. The number of hydrogen-bond acceptors (Lipinski definition) is 4. The molecule has 1 N–H and O–H groups in total. The van der Waals surface area contributed by atoms with Crippen molar-refractivity contribution in [3.63, 3.8) is 0 Å². The van der Waals surface area contributed by atoms with E-state index in [2.05, 4.69) is 10.3 Å². The van der Waals surface area contributed by atoms with Gasteiger partial charge in [0.05, 0.1) is 30.4 Å². The first kappa shape index (κ1) is 13.1.